The summed E-state index contributed by atoms with van der Waals surface area (Å²) in [5.74, 6) is 0. The number of aryl methyl sites for hydroxylation is 1. The number of rotatable bonds is 35. The fraction of sp³-hybridized carbons (Fsp3) is 0.719. The van der Waals surface area contributed by atoms with Gasteiger partial charge < -0.3 is 35.9 Å². The highest BCUT2D eigenvalue weighted by molar-refractivity contribution is 5.75. The second-order valence-corrected chi connectivity index (χ2v) is 17.4. The summed E-state index contributed by atoms with van der Waals surface area (Å²) in [6, 6.07) is 14.5. The van der Waals surface area contributed by atoms with Crippen molar-refractivity contribution in [1.29, 1.82) is 0 Å². The van der Waals surface area contributed by atoms with Gasteiger partial charge in [0.15, 0.2) is 11.4 Å². The van der Waals surface area contributed by atoms with Crippen molar-refractivity contribution < 1.29 is 4.79 Å². The Morgan fingerprint density at radius 1 is 0.418 bits per heavy atom. The molecule has 0 aliphatic rings. The van der Waals surface area contributed by atoms with Crippen LogP contribution in [-0.2, 0) is 6.42 Å². The van der Waals surface area contributed by atoms with E-state index in [2.05, 4.69) is 102 Å². The second kappa shape index (κ2) is 54.9. The van der Waals surface area contributed by atoms with E-state index in [0.717, 1.165) is 44.4 Å². The van der Waals surface area contributed by atoms with Crippen LogP contribution >= 0.6 is 0 Å². The van der Waals surface area contributed by atoms with E-state index in [1.165, 1.54) is 180 Å². The minimum atomic E-state index is 0.561. The second-order valence-electron chi connectivity index (χ2n) is 17.4. The largest absolute Gasteiger partial charge is 0.330 e. The fourth-order valence-corrected chi connectivity index (χ4v) is 7.59. The number of aldehydes is 1. The molecule has 0 atom stereocenters. The lowest BCUT2D eigenvalue weighted by Crippen LogP contribution is -2.26. The summed E-state index contributed by atoms with van der Waals surface area (Å²) < 4.78 is 0. The van der Waals surface area contributed by atoms with Crippen molar-refractivity contribution in [1.82, 2.24) is 19.6 Å². The van der Waals surface area contributed by atoms with E-state index in [0.29, 0.717) is 17.8 Å². The molecule has 0 fully saturated rings. The first-order chi connectivity index (χ1) is 32.7. The van der Waals surface area contributed by atoms with Crippen molar-refractivity contribution in [2.45, 2.75) is 171 Å². The summed E-state index contributed by atoms with van der Waals surface area (Å²) in [5, 5.41) is 0. The predicted octanol–water partition coefficient (Wildman–Crippen LogP) is 13.6. The first kappa shape index (κ1) is 67.6. The maximum absolute atomic E-state index is 10.1. The van der Waals surface area contributed by atoms with Crippen LogP contribution in [0.25, 0.3) is 14.5 Å². The predicted molar refractivity (Wildman–Crippen MR) is 294 cm³/mol. The summed E-state index contributed by atoms with van der Waals surface area (Å²) >= 11 is 0. The van der Waals surface area contributed by atoms with Crippen LogP contribution in [-0.4, -0.2) is 124 Å². The van der Waals surface area contributed by atoms with Crippen molar-refractivity contribution in [2.24, 2.45) is 11.5 Å². The molecule has 10 heteroatoms. The van der Waals surface area contributed by atoms with Gasteiger partial charge in [-0.25, -0.2) is 16.3 Å². The van der Waals surface area contributed by atoms with Gasteiger partial charge in [-0.3, -0.25) is 4.79 Å². The smallest absolute Gasteiger partial charge is 0.215 e. The molecule has 0 bridgehead atoms. The number of carbonyl (C=O) groups is 1. The van der Waals surface area contributed by atoms with Gasteiger partial charge in [-0.05, 0) is 181 Å². The van der Waals surface area contributed by atoms with Crippen LogP contribution in [0.2, 0.25) is 0 Å². The highest BCUT2D eigenvalue weighted by atomic mass is 16.1. The van der Waals surface area contributed by atoms with Crippen LogP contribution in [0.4, 0.5) is 11.4 Å². The molecule has 67 heavy (non-hydrogen) atoms. The average Bonchev–Trinajstić information content (AvgIpc) is 3.34. The molecule has 2 aromatic rings. The van der Waals surface area contributed by atoms with Gasteiger partial charge in [-0.2, -0.15) is 0 Å². The van der Waals surface area contributed by atoms with Gasteiger partial charge in [0.05, 0.1) is 13.1 Å². The number of nitrogens with zero attached hydrogens (tertiary/aromatic N) is 7. The number of unbranched alkanes of at least 4 members (excludes halogenated alkanes) is 5. The summed E-state index contributed by atoms with van der Waals surface area (Å²) in [6.45, 7) is 55.2. The van der Waals surface area contributed by atoms with E-state index in [4.69, 9.17) is 31.2 Å². The molecule has 0 unspecified atom stereocenters. The van der Waals surface area contributed by atoms with Crippen LogP contribution in [0.5, 0.6) is 0 Å². The number of nitrogens with two attached hydrogens (primary N) is 2. The molecule has 0 aromatic heterocycles. The van der Waals surface area contributed by atoms with E-state index in [-0.39, 0.29) is 0 Å². The van der Waals surface area contributed by atoms with Gasteiger partial charge in [0.25, 0.3) is 0 Å². The van der Waals surface area contributed by atoms with Crippen LogP contribution in [0, 0.1) is 19.7 Å². The Hall–Kier alpha value is -3.66. The molecule has 10 nitrogen and oxygen atoms in total. The highest BCUT2D eigenvalue weighted by Crippen LogP contribution is 2.15. The van der Waals surface area contributed by atoms with Crippen LogP contribution < -0.4 is 11.5 Å². The lowest BCUT2D eigenvalue weighted by atomic mass is 10.1. The number of hydrogen-bond donors (Lipinski definition) is 2. The fourth-order valence-electron chi connectivity index (χ4n) is 7.59. The maximum Gasteiger partial charge on any atom is 0.215 e. The maximum atomic E-state index is 10.1. The lowest BCUT2D eigenvalue weighted by molar-refractivity contribution is 0.112. The first-order valence-corrected chi connectivity index (χ1v) is 26.7. The van der Waals surface area contributed by atoms with E-state index in [1.807, 2.05) is 12.1 Å². The topological polar surface area (TPSA) is 95.1 Å². The van der Waals surface area contributed by atoms with Gasteiger partial charge in [-0.15, -0.1) is 0 Å². The Labute approximate surface area is 415 Å². The molecule has 0 radical (unpaired) electrons. The zero-order chi connectivity index (χ0) is 50.4. The third-order valence-corrected chi connectivity index (χ3v) is 10.8. The number of hydrogen-bond acceptors (Lipinski definition) is 7. The molecule has 0 spiro atoms. The molecule has 0 saturated carbocycles. The van der Waals surface area contributed by atoms with E-state index < -0.39 is 0 Å². The van der Waals surface area contributed by atoms with Gasteiger partial charge in [-0.1, -0.05) is 122 Å². The molecule has 0 amide bonds. The van der Waals surface area contributed by atoms with Crippen LogP contribution in [0.15, 0.2) is 48.5 Å². The highest BCUT2D eigenvalue weighted by Gasteiger charge is 2.04. The molecular weight excluding hydrogens is 827 g/mol. The SMILES string of the molecule is CCCN(CCC)CCCCN.CCCN(CCC)CCCCN.[C-]#[N+]CCCN(CCC)CCC.[C-]#[N+]c1ccc(C=O)cc1.[C-]#[N+]c1ccc(CCCCCCN(CCC)CCC)cc1. The Morgan fingerprint density at radius 2 is 0.731 bits per heavy atom. The molecular formula is C57H103N9O. The Balaban J connectivity index is -0.000000788. The lowest BCUT2D eigenvalue weighted by Gasteiger charge is -2.20. The zero-order valence-corrected chi connectivity index (χ0v) is 44.7. The van der Waals surface area contributed by atoms with Crippen molar-refractivity contribution >= 4 is 17.7 Å². The zero-order valence-electron chi connectivity index (χ0n) is 44.7. The van der Waals surface area contributed by atoms with E-state index >= 15 is 0 Å². The van der Waals surface area contributed by atoms with Crippen LogP contribution in [0.1, 0.15) is 180 Å². The Bertz CT molecular complexity index is 1390. The summed E-state index contributed by atoms with van der Waals surface area (Å²) in [4.78, 5) is 30.2. The van der Waals surface area contributed by atoms with Gasteiger partial charge in [0.2, 0.25) is 6.54 Å². The van der Waals surface area contributed by atoms with E-state index in [1.54, 1.807) is 24.3 Å². The molecule has 0 aliphatic carbocycles. The third kappa shape index (κ3) is 45.9. The molecule has 2 aromatic carbocycles. The van der Waals surface area contributed by atoms with Gasteiger partial charge >= 0.3 is 0 Å². The standard InChI is InChI=1S/C19H30N2.C10H20N2.2C10H24N2.C8H5NO/c1-4-15-21(16-5-2)17-9-7-6-8-10-18-11-13-19(20-3)14-12-18;1-4-8-12(9-5-2)10-6-7-11-3;2*1-3-8-12(9-4-2)10-6-5-7-11;1-9-8-4-2-7(6-10)3-5-8/h11-14H,4-10,15-17H2,1-2H3;4-10H2,1-2H3;2*3-11H2,1-2H3;2-6H. The minimum absolute atomic E-state index is 0.561. The molecule has 4 N–H and O–H groups in total. The summed E-state index contributed by atoms with van der Waals surface area (Å²) in [5.41, 5.74) is 14.2. The normalized spacial score (nSPS) is 10.4. The quantitative estimate of drug-likeness (QED) is 0.0404. The monoisotopic (exact) mass is 930 g/mol. The Morgan fingerprint density at radius 3 is 1.03 bits per heavy atom. The Kier molecular flexibility index (Phi) is 55.4. The van der Waals surface area contributed by atoms with Crippen molar-refractivity contribution in [3.05, 3.63) is 93.9 Å². The third-order valence-electron chi connectivity index (χ3n) is 10.8. The van der Waals surface area contributed by atoms with Gasteiger partial charge in [0, 0.05) is 18.5 Å². The summed E-state index contributed by atoms with van der Waals surface area (Å²) in [7, 11) is 0. The first-order valence-electron chi connectivity index (χ1n) is 26.7. The molecule has 0 aliphatic heterocycles. The molecule has 2 rings (SSSR count). The summed E-state index contributed by atoms with van der Waals surface area (Å²) in [6.07, 6.45) is 23.1. The van der Waals surface area contributed by atoms with Gasteiger partial charge in [0.1, 0.15) is 6.29 Å². The average molecular weight is 931 g/mol. The van der Waals surface area contributed by atoms with Crippen molar-refractivity contribution in [3.8, 4) is 0 Å². The van der Waals surface area contributed by atoms with E-state index in [9.17, 15) is 4.79 Å². The molecule has 0 saturated heterocycles. The molecule has 382 valence electrons. The van der Waals surface area contributed by atoms with Crippen LogP contribution in [0.3, 0.4) is 0 Å². The van der Waals surface area contributed by atoms with Crippen molar-refractivity contribution in [3.63, 3.8) is 0 Å². The minimum Gasteiger partial charge on any atom is -0.330 e. The molecule has 0 heterocycles. The number of benzene rings is 2. The number of carbonyl (C=O) groups excluding carboxylic acids is 1. The van der Waals surface area contributed by atoms with Crippen molar-refractivity contribution in [2.75, 3.05) is 98.2 Å².